The van der Waals surface area contributed by atoms with Crippen LogP contribution in [0.1, 0.15) is 16.7 Å². The second-order valence-electron chi connectivity index (χ2n) is 8.05. The predicted molar refractivity (Wildman–Crippen MR) is 130 cm³/mol. The van der Waals surface area contributed by atoms with Crippen LogP contribution in [-0.2, 0) is 23.0 Å². The van der Waals surface area contributed by atoms with Crippen molar-refractivity contribution in [3.63, 3.8) is 0 Å². The molecule has 0 aliphatic heterocycles. The quantitative estimate of drug-likeness (QED) is 0.405. The van der Waals surface area contributed by atoms with Crippen molar-refractivity contribution in [2.24, 2.45) is 0 Å². The van der Waals surface area contributed by atoms with Crippen LogP contribution in [0.3, 0.4) is 0 Å². The number of H-pyrrole nitrogens is 1. The molecule has 0 aliphatic carbocycles. The number of aromatic nitrogens is 1. The van der Waals surface area contributed by atoms with E-state index >= 15 is 0 Å². The number of benzene rings is 3. The number of sulfonamides is 1. The first kappa shape index (κ1) is 23.7. The van der Waals surface area contributed by atoms with E-state index < -0.39 is 15.8 Å². The number of hydrogen-bond donors (Lipinski definition) is 1. The van der Waals surface area contributed by atoms with Crippen LogP contribution < -0.4 is 10.3 Å². The Balaban J connectivity index is 1.73. The maximum atomic E-state index is 13.5. The number of methoxy groups -OCH3 is 1. The highest BCUT2D eigenvalue weighted by Crippen LogP contribution is 2.22. The average molecular weight is 481 g/mol. The Morgan fingerprint density at radius 1 is 0.971 bits per heavy atom. The van der Waals surface area contributed by atoms with E-state index in [2.05, 4.69) is 4.98 Å². The van der Waals surface area contributed by atoms with Crippen molar-refractivity contribution >= 4 is 20.9 Å². The molecule has 1 aromatic heterocycles. The normalized spacial score (nSPS) is 11.8. The van der Waals surface area contributed by atoms with Crippen LogP contribution >= 0.6 is 0 Å². The molecule has 8 heteroatoms. The number of rotatable bonds is 8. The molecule has 0 radical (unpaired) electrons. The number of aryl methyl sites for hydroxylation is 1. The van der Waals surface area contributed by atoms with Gasteiger partial charge in [0.25, 0.3) is 5.56 Å². The molecule has 4 aromatic rings. The molecule has 4 rings (SSSR count). The molecule has 0 saturated heterocycles. The number of halogens is 1. The summed E-state index contributed by atoms with van der Waals surface area (Å²) in [6.07, 6.45) is 0.465. The van der Waals surface area contributed by atoms with Crippen molar-refractivity contribution in [3.8, 4) is 5.75 Å². The first-order chi connectivity index (χ1) is 16.3. The average Bonchev–Trinajstić information content (AvgIpc) is 2.82. The predicted octanol–water partition coefficient (Wildman–Crippen LogP) is 4.42. The van der Waals surface area contributed by atoms with E-state index in [4.69, 9.17) is 4.74 Å². The molecule has 0 saturated carbocycles. The molecule has 34 heavy (non-hydrogen) atoms. The number of ether oxygens (including phenoxy) is 1. The van der Waals surface area contributed by atoms with Gasteiger partial charge in [0.2, 0.25) is 10.0 Å². The summed E-state index contributed by atoms with van der Waals surface area (Å²) in [7, 11) is -2.44. The Kier molecular flexibility index (Phi) is 6.81. The van der Waals surface area contributed by atoms with Gasteiger partial charge in [0.1, 0.15) is 11.6 Å². The fourth-order valence-electron chi connectivity index (χ4n) is 3.84. The minimum atomic E-state index is -3.99. The number of hydrogen-bond acceptors (Lipinski definition) is 4. The summed E-state index contributed by atoms with van der Waals surface area (Å²) in [6.45, 7) is 1.99. The SMILES string of the molecule is COc1ccc2[nH]c(=O)c(CN(CCc3ccccc3C)S(=O)(=O)c3ccc(F)cc3)cc2c1. The molecular weight excluding hydrogens is 455 g/mol. The van der Waals surface area contributed by atoms with Gasteiger partial charge in [-0.2, -0.15) is 4.31 Å². The lowest BCUT2D eigenvalue weighted by Gasteiger charge is -2.23. The molecule has 6 nitrogen and oxygen atoms in total. The van der Waals surface area contributed by atoms with Crippen LogP contribution in [0.25, 0.3) is 10.9 Å². The molecule has 0 fully saturated rings. The van der Waals surface area contributed by atoms with E-state index in [0.717, 1.165) is 28.6 Å². The van der Waals surface area contributed by atoms with Crippen LogP contribution in [0.5, 0.6) is 5.75 Å². The number of nitrogens with zero attached hydrogens (tertiary/aromatic N) is 1. The third-order valence-electron chi connectivity index (χ3n) is 5.82. The Bertz CT molecular complexity index is 1480. The number of nitrogens with one attached hydrogen (secondary N) is 1. The van der Waals surface area contributed by atoms with E-state index in [-0.39, 0.29) is 23.5 Å². The van der Waals surface area contributed by atoms with E-state index in [9.17, 15) is 17.6 Å². The molecule has 176 valence electrons. The second-order valence-corrected chi connectivity index (χ2v) is 9.98. The highest BCUT2D eigenvalue weighted by molar-refractivity contribution is 7.89. The Hall–Kier alpha value is -3.49. The summed E-state index contributed by atoms with van der Waals surface area (Å²) in [5.74, 6) is 0.103. The van der Waals surface area contributed by atoms with Crippen molar-refractivity contribution in [2.45, 2.75) is 24.8 Å². The highest BCUT2D eigenvalue weighted by Gasteiger charge is 2.26. The Labute approximate surface area is 197 Å². The number of pyridine rings is 1. The standard InChI is InChI=1S/C26H25FN2O4S/c1-18-5-3-4-6-19(18)13-14-29(34(31,32)24-10-7-22(27)8-11-24)17-21-15-20-16-23(33-2)9-12-25(20)28-26(21)30/h3-12,15-16H,13-14,17H2,1-2H3,(H,28,30). The van der Waals surface area contributed by atoms with Gasteiger partial charge in [-0.3, -0.25) is 4.79 Å². The zero-order valence-corrected chi connectivity index (χ0v) is 19.7. The van der Waals surface area contributed by atoms with Crippen LogP contribution in [-0.4, -0.2) is 31.4 Å². The molecule has 0 amide bonds. The molecule has 0 atom stereocenters. The van der Waals surface area contributed by atoms with E-state index in [1.165, 1.54) is 16.4 Å². The third-order valence-corrected chi connectivity index (χ3v) is 7.68. The van der Waals surface area contributed by atoms with Crippen LogP contribution in [0.15, 0.2) is 82.5 Å². The smallest absolute Gasteiger partial charge is 0.252 e. The summed E-state index contributed by atoms with van der Waals surface area (Å²) in [4.78, 5) is 15.6. The van der Waals surface area contributed by atoms with Crippen molar-refractivity contribution in [1.82, 2.24) is 9.29 Å². The minimum absolute atomic E-state index is 0.0300. The fourth-order valence-corrected chi connectivity index (χ4v) is 5.26. The summed E-state index contributed by atoms with van der Waals surface area (Å²) >= 11 is 0. The lowest BCUT2D eigenvalue weighted by atomic mass is 10.1. The topological polar surface area (TPSA) is 79.5 Å². The molecule has 0 aliphatic rings. The summed E-state index contributed by atoms with van der Waals surface area (Å²) < 4.78 is 47.0. The Morgan fingerprint density at radius 3 is 2.41 bits per heavy atom. The number of fused-ring (bicyclic) bond motifs is 1. The first-order valence-corrected chi connectivity index (χ1v) is 12.2. The second kappa shape index (κ2) is 9.79. The van der Waals surface area contributed by atoms with E-state index in [0.29, 0.717) is 23.3 Å². The van der Waals surface area contributed by atoms with Gasteiger partial charge < -0.3 is 9.72 Å². The summed E-state index contributed by atoms with van der Waals surface area (Å²) in [5.41, 5.74) is 2.63. The van der Waals surface area contributed by atoms with Crippen LogP contribution in [0, 0.1) is 12.7 Å². The maximum absolute atomic E-state index is 13.5. The lowest BCUT2D eigenvalue weighted by molar-refractivity contribution is 0.407. The molecule has 0 unspecified atom stereocenters. The molecule has 3 aromatic carbocycles. The fraction of sp³-hybridized carbons (Fsp3) is 0.192. The third kappa shape index (κ3) is 5.03. The van der Waals surface area contributed by atoms with Gasteiger partial charge in [-0.15, -0.1) is 0 Å². The van der Waals surface area contributed by atoms with Gasteiger partial charge >= 0.3 is 0 Å². The van der Waals surface area contributed by atoms with E-state index in [1.807, 2.05) is 31.2 Å². The van der Waals surface area contributed by atoms with Crippen molar-refractivity contribution in [2.75, 3.05) is 13.7 Å². The van der Waals surface area contributed by atoms with Crippen molar-refractivity contribution < 1.29 is 17.5 Å². The zero-order chi connectivity index (χ0) is 24.3. The molecule has 0 spiro atoms. The van der Waals surface area contributed by atoms with Crippen molar-refractivity contribution in [3.05, 3.63) is 106 Å². The van der Waals surface area contributed by atoms with Crippen LogP contribution in [0.4, 0.5) is 4.39 Å². The molecule has 0 bridgehead atoms. The first-order valence-electron chi connectivity index (χ1n) is 10.8. The van der Waals surface area contributed by atoms with Gasteiger partial charge in [-0.25, -0.2) is 12.8 Å². The summed E-state index contributed by atoms with van der Waals surface area (Å²) in [6, 6.07) is 19.4. The molecular formula is C26H25FN2O4S. The maximum Gasteiger partial charge on any atom is 0.252 e. The van der Waals surface area contributed by atoms with Gasteiger partial charge in [0.05, 0.1) is 12.0 Å². The summed E-state index contributed by atoms with van der Waals surface area (Å²) in [5, 5.41) is 0.729. The molecule has 1 heterocycles. The zero-order valence-electron chi connectivity index (χ0n) is 18.9. The van der Waals surface area contributed by atoms with Crippen molar-refractivity contribution in [1.29, 1.82) is 0 Å². The van der Waals surface area contributed by atoms with Gasteiger partial charge in [0.15, 0.2) is 0 Å². The van der Waals surface area contributed by atoms with E-state index in [1.54, 1.807) is 31.4 Å². The van der Waals surface area contributed by atoms with Gasteiger partial charge in [0, 0.05) is 29.6 Å². The lowest BCUT2D eigenvalue weighted by Crippen LogP contribution is -2.34. The van der Waals surface area contributed by atoms with Gasteiger partial charge in [-0.05, 0) is 73.0 Å². The van der Waals surface area contributed by atoms with Crippen LogP contribution in [0.2, 0.25) is 0 Å². The number of aromatic amines is 1. The van der Waals surface area contributed by atoms with Gasteiger partial charge in [-0.1, -0.05) is 24.3 Å². The largest absolute Gasteiger partial charge is 0.497 e. The highest BCUT2D eigenvalue weighted by atomic mass is 32.2. The Morgan fingerprint density at radius 2 is 1.71 bits per heavy atom. The monoisotopic (exact) mass is 480 g/mol. The molecule has 1 N–H and O–H groups in total. The minimum Gasteiger partial charge on any atom is -0.497 e.